The van der Waals surface area contributed by atoms with Gasteiger partial charge in [0.25, 0.3) is 0 Å². The van der Waals surface area contributed by atoms with Crippen LogP contribution >= 0.6 is 11.8 Å². The van der Waals surface area contributed by atoms with Crippen LogP contribution in [-0.4, -0.2) is 20.5 Å². The van der Waals surface area contributed by atoms with Crippen LogP contribution in [0.1, 0.15) is 5.56 Å². The van der Waals surface area contributed by atoms with Gasteiger partial charge in [-0.25, -0.2) is 13.4 Å². The van der Waals surface area contributed by atoms with Crippen molar-refractivity contribution < 1.29 is 8.42 Å². The molecule has 0 saturated carbocycles. The number of nitrogens with two attached hydrogens (primary N) is 1. The van der Waals surface area contributed by atoms with Crippen molar-refractivity contribution >= 4 is 33.1 Å². The molecule has 0 aliphatic rings. The first-order valence-electron chi connectivity index (χ1n) is 7.90. The number of benzene rings is 3. The van der Waals surface area contributed by atoms with E-state index in [0.29, 0.717) is 11.4 Å². The molecule has 0 aliphatic carbocycles. The number of rotatable bonds is 5. The van der Waals surface area contributed by atoms with Gasteiger partial charge < -0.3 is 5.73 Å². The van der Waals surface area contributed by atoms with Crippen LogP contribution in [0, 0.1) is 0 Å². The molecule has 0 atom stereocenters. The summed E-state index contributed by atoms with van der Waals surface area (Å²) in [7, 11) is -3.23. The summed E-state index contributed by atoms with van der Waals surface area (Å²) in [6, 6.07) is 24.2. The highest BCUT2D eigenvalue weighted by Gasteiger charge is 2.08. The standard InChI is InChI=1S/C20H18N2O2S2/c1-26(23,24)17-13-11-15(12-14-17)20(21)22-18-9-5-6-10-19(18)25-16-7-3-2-4-8-16/h2-14H,1H3,(H2,21,22). The minimum atomic E-state index is -3.23. The molecular weight excluding hydrogens is 364 g/mol. The quantitative estimate of drug-likeness (QED) is 0.528. The van der Waals surface area contributed by atoms with Gasteiger partial charge in [0.1, 0.15) is 5.84 Å². The third kappa shape index (κ3) is 4.53. The third-order valence-electron chi connectivity index (χ3n) is 3.66. The number of aliphatic imine (C=N–C) groups is 1. The predicted molar refractivity (Wildman–Crippen MR) is 107 cm³/mol. The molecule has 0 spiro atoms. The minimum absolute atomic E-state index is 0.258. The number of hydrogen-bond acceptors (Lipinski definition) is 4. The van der Waals surface area contributed by atoms with Gasteiger partial charge in [0.05, 0.1) is 10.6 Å². The fourth-order valence-corrected chi connectivity index (χ4v) is 3.86. The van der Waals surface area contributed by atoms with E-state index < -0.39 is 9.84 Å². The zero-order valence-electron chi connectivity index (χ0n) is 14.2. The highest BCUT2D eigenvalue weighted by Crippen LogP contribution is 2.34. The van der Waals surface area contributed by atoms with Gasteiger partial charge in [-0.3, -0.25) is 0 Å². The Balaban J connectivity index is 1.90. The van der Waals surface area contributed by atoms with E-state index >= 15 is 0 Å². The van der Waals surface area contributed by atoms with Crippen LogP contribution in [-0.2, 0) is 9.84 Å². The fraction of sp³-hybridized carbons (Fsp3) is 0.0500. The molecule has 3 aromatic carbocycles. The number of sulfone groups is 1. The zero-order valence-corrected chi connectivity index (χ0v) is 15.8. The Hall–Kier alpha value is -2.57. The molecule has 0 aliphatic heterocycles. The number of amidine groups is 1. The topological polar surface area (TPSA) is 72.5 Å². The molecule has 0 heterocycles. The highest BCUT2D eigenvalue weighted by molar-refractivity contribution is 7.99. The van der Waals surface area contributed by atoms with E-state index in [-0.39, 0.29) is 4.90 Å². The summed E-state index contributed by atoms with van der Waals surface area (Å²) in [5, 5.41) is 0. The second kappa shape index (κ2) is 7.76. The van der Waals surface area contributed by atoms with Crippen molar-refractivity contribution in [2.75, 3.05) is 6.26 Å². The van der Waals surface area contributed by atoms with Crippen LogP contribution in [0.15, 0.2) is 98.5 Å². The molecule has 26 heavy (non-hydrogen) atoms. The van der Waals surface area contributed by atoms with Crippen LogP contribution in [0.3, 0.4) is 0 Å². The number of hydrogen-bond donors (Lipinski definition) is 1. The van der Waals surface area contributed by atoms with Crippen molar-refractivity contribution in [3.63, 3.8) is 0 Å². The maximum Gasteiger partial charge on any atom is 0.175 e. The van der Waals surface area contributed by atoms with Gasteiger partial charge in [-0.1, -0.05) is 42.1 Å². The molecule has 3 aromatic rings. The largest absolute Gasteiger partial charge is 0.383 e. The Morgan fingerprint density at radius 3 is 2.15 bits per heavy atom. The SMILES string of the molecule is CS(=O)(=O)c1ccc(C(N)=Nc2ccccc2Sc2ccccc2)cc1. The van der Waals surface area contributed by atoms with Gasteiger partial charge >= 0.3 is 0 Å². The average molecular weight is 383 g/mol. The van der Waals surface area contributed by atoms with Crippen LogP contribution < -0.4 is 5.73 Å². The highest BCUT2D eigenvalue weighted by atomic mass is 32.2. The summed E-state index contributed by atoms with van der Waals surface area (Å²) >= 11 is 1.62. The van der Waals surface area contributed by atoms with Crippen molar-refractivity contribution in [3.8, 4) is 0 Å². The van der Waals surface area contributed by atoms with Crippen LogP contribution in [0.25, 0.3) is 0 Å². The van der Waals surface area contributed by atoms with Crippen molar-refractivity contribution in [1.29, 1.82) is 0 Å². The molecule has 132 valence electrons. The molecule has 0 bridgehead atoms. The van der Waals surface area contributed by atoms with Crippen molar-refractivity contribution in [1.82, 2.24) is 0 Å². The molecular formula is C20H18N2O2S2. The molecule has 0 fully saturated rings. The van der Waals surface area contributed by atoms with E-state index in [0.717, 1.165) is 15.5 Å². The lowest BCUT2D eigenvalue weighted by molar-refractivity contribution is 0.602. The Kier molecular flexibility index (Phi) is 5.44. The van der Waals surface area contributed by atoms with Gasteiger partial charge in [0, 0.05) is 21.6 Å². The minimum Gasteiger partial charge on any atom is -0.383 e. The molecule has 0 saturated heterocycles. The monoisotopic (exact) mass is 382 g/mol. The summed E-state index contributed by atoms with van der Waals surface area (Å²) in [5.41, 5.74) is 7.59. The molecule has 2 N–H and O–H groups in total. The van der Waals surface area contributed by atoms with E-state index in [9.17, 15) is 8.42 Å². The van der Waals surface area contributed by atoms with Crippen LogP contribution in [0.4, 0.5) is 5.69 Å². The molecule has 0 amide bonds. The normalized spacial score (nSPS) is 12.1. The third-order valence-corrected chi connectivity index (χ3v) is 5.86. The Labute approximate surface area is 157 Å². The summed E-state index contributed by atoms with van der Waals surface area (Å²) in [6.07, 6.45) is 1.18. The second-order valence-electron chi connectivity index (χ2n) is 5.68. The van der Waals surface area contributed by atoms with E-state index in [1.807, 2.05) is 54.6 Å². The second-order valence-corrected chi connectivity index (χ2v) is 8.81. The van der Waals surface area contributed by atoms with Crippen molar-refractivity contribution in [2.24, 2.45) is 10.7 Å². The van der Waals surface area contributed by atoms with Gasteiger partial charge in [-0.15, -0.1) is 0 Å². The van der Waals surface area contributed by atoms with Crippen LogP contribution in [0.5, 0.6) is 0 Å². The lowest BCUT2D eigenvalue weighted by Gasteiger charge is -2.07. The Morgan fingerprint density at radius 1 is 0.885 bits per heavy atom. The molecule has 0 radical (unpaired) electrons. The van der Waals surface area contributed by atoms with Gasteiger partial charge in [-0.2, -0.15) is 0 Å². The van der Waals surface area contributed by atoms with E-state index in [4.69, 9.17) is 5.73 Å². The summed E-state index contributed by atoms with van der Waals surface area (Å²) < 4.78 is 23.1. The molecule has 4 nitrogen and oxygen atoms in total. The van der Waals surface area contributed by atoms with E-state index in [1.165, 1.54) is 18.4 Å². The van der Waals surface area contributed by atoms with E-state index in [2.05, 4.69) is 4.99 Å². The smallest absolute Gasteiger partial charge is 0.175 e. The predicted octanol–water partition coefficient (Wildman–Crippen LogP) is 4.28. The molecule has 0 unspecified atom stereocenters. The van der Waals surface area contributed by atoms with Gasteiger partial charge in [0.2, 0.25) is 0 Å². The Bertz CT molecular complexity index is 1030. The van der Waals surface area contributed by atoms with E-state index in [1.54, 1.807) is 23.9 Å². The number of para-hydroxylation sites is 1. The summed E-state index contributed by atoms with van der Waals surface area (Å²) in [4.78, 5) is 6.91. The first-order chi connectivity index (χ1) is 12.4. The molecule has 6 heteroatoms. The fourth-order valence-electron chi connectivity index (χ4n) is 2.32. The van der Waals surface area contributed by atoms with Crippen molar-refractivity contribution in [2.45, 2.75) is 14.7 Å². The summed E-state index contributed by atoms with van der Waals surface area (Å²) in [5.74, 6) is 0.339. The summed E-state index contributed by atoms with van der Waals surface area (Å²) in [6.45, 7) is 0. The van der Waals surface area contributed by atoms with Crippen molar-refractivity contribution in [3.05, 3.63) is 84.4 Å². The lowest BCUT2D eigenvalue weighted by Crippen LogP contribution is -2.13. The maximum absolute atomic E-state index is 11.6. The first kappa shape index (κ1) is 18.2. The van der Waals surface area contributed by atoms with Gasteiger partial charge in [0.15, 0.2) is 9.84 Å². The zero-order chi connectivity index (χ0) is 18.6. The molecule has 0 aromatic heterocycles. The Morgan fingerprint density at radius 2 is 1.50 bits per heavy atom. The first-order valence-corrected chi connectivity index (χ1v) is 10.6. The van der Waals surface area contributed by atoms with Gasteiger partial charge in [-0.05, 0) is 48.5 Å². The van der Waals surface area contributed by atoms with Crippen LogP contribution in [0.2, 0.25) is 0 Å². The maximum atomic E-state index is 11.6. The average Bonchev–Trinajstić information content (AvgIpc) is 2.63. The molecule has 3 rings (SSSR count). The number of nitrogens with zero attached hydrogens (tertiary/aromatic N) is 1. The lowest BCUT2D eigenvalue weighted by atomic mass is 10.2.